The highest BCUT2D eigenvalue weighted by Crippen LogP contribution is 2.28. The lowest BCUT2D eigenvalue weighted by molar-refractivity contribution is 0.100. The van der Waals surface area contributed by atoms with Crippen molar-refractivity contribution in [2.24, 2.45) is 5.73 Å². The predicted octanol–water partition coefficient (Wildman–Crippen LogP) is 2.96. The van der Waals surface area contributed by atoms with E-state index in [1.54, 1.807) is 6.07 Å². The van der Waals surface area contributed by atoms with E-state index in [1.165, 1.54) is 11.1 Å². The molecular weight excluding hydrogens is 312 g/mol. The molecular formula is C20H22N4O. The molecule has 1 amide bonds. The molecule has 5 nitrogen and oxygen atoms in total. The zero-order valence-corrected chi connectivity index (χ0v) is 14.3. The van der Waals surface area contributed by atoms with Gasteiger partial charge in [0, 0.05) is 19.0 Å². The second kappa shape index (κ2) is 6.33. The number of aryl methyl sites for hydroxylation is 1. The number of H-pyrrole nitrogens is 1. The van der Waals surface area contributed by atoms with Crippen LogP contribution in [0.4, 0.5) is 0 Å². The smallest absolute Gasteiger partial charge is 0.250 e. The minimum absolute atomic E-state index is 0.360. The Bertz CT molecular complexity index is 913. The molecule has 1 fully saturated rings. The molecule has 1 atom stereocenters. The van der Waals surface area contributed by atoms with Gasteiger partial charge in [0.1, 0.15) is 11.3 Å². The first-order valence-electron chi connectivity index (χ1n) is 8.66. The maximum atomic E-state index is 11.6. The zero-order valence-electron chi connectivity index (χ0n) is 14.3. The summed E-state index contributed by atoms with van der Waals surface area (Å²) in [5, 5.41) is 0. The van der Waals surface area contributed by atoms with Gasteiger partial charge in [-0.1, -0.05) is 35.9 Å². The molecule has 0 saturated carbocycles. The van der Waals surface area contributed by atoms with Crippen molar-refractivity contribution in [3.8, 4) is 0 Å². The van der Waals surface area contributed by atoms with Gasteiger partial charge in [0.25, 0.3) is 5.91 Å². The lowest BCUT2D eigenvalue weighted by Crippen LogP contribution is -2.19. The summed E-state index contributed by atoms with van der Waals surface area (Å²) in [7, 11) is 0. The van der Waals surface area contributed by atoms with Crippen LogP contribution >= 0.6 is 0 Å². The number of carbonyl (C=O) groups is 1. The van der Waals surface area contributed by atoms with Crippen LogP contribution in [0.5, 0.6) is 0 Å². The summed E-state index contributed by atoms with van der Waals surface area (Å²) < 4.78 is 0. The van der Waals surface area contributed by atoms with Crippen LogP contribution in [0, 0.1) is 6.92 Å². The Morgan fingerprint density at radius 1 is 1.28 bits per heavy atom. The first-order valence-corrected chi connectivity index (χ1v) is 8.66. The Balaban J connectivity index is 1.51. The number of primary amides is 1. The number of aromatic nitrogens is 2. The Kier molecular flexibility index (Phi) is 4.01. The molecule has 1 aliphatic heterocycles. The number of amides is 1. The van der Waals surface area contributed by atoms with E-state index in [9.17, 15) is 4.79 Å². The molecule has 3 N–H and O–H groups in total. The number of imidazole rings is 1. The van der Waals surface area contributed by atoms with Gasteiger partial charge in [-0.3, -0.25) is 9.69 Å². The highest BCUT2D eigenvalue weighted by molar-refractivity contribution is 6.04. The van der Waals surface area contributed by atoms with Crippen molar-refractivity contribution in [2.75, 3.05) is 13.1 Å². The molecule has 1 aliphatic rings. The second-order valence-corrected chi connectivity index (χ2v) is 6.89. The van der Waals surface area contributed by atoms with Crippen LogP contribution in [0.25, 0.3) is 11.0 Å². The quantitative estimate of drug-likeness (QED) is 0.770. The number of likely N-dealkylation sites (tertiary alicyclic amines) is 1. The van der Waals surface area contributed by atoms with Crippen molar-refractivity contribution in [3.63, 3.8) is 0 Å². The van der Waals surface area contributed by atoms with Gasteiger partial charge in [0.05, 0.1) is 11.1 Å². The molecule has 1 saturated heterocycles. The number of rotatable bonds is 4. The van der Waals surface area contributed by atoms with Crippen LogP contribution in [0.15, 0.2) is 42.5 Å². The third-order valence-electron chi connectivity index (χ3n) is 4.98. The number of benzene rings is 2. The highest BCUT2D eigenvalue weighted by Gasteiger charge is 2.26. The summed E-state index contributed by atoms with van der Waals surface area (Å²) in [4.78, 5) is 22.1. The Morgan fingerprint density at radius 3 is 2.84 bits per heavy atom. The minimum Gasteiger partial charge on any atom is -0.366 e. The molecule has 0 spiro atoms. The van der Waals surface area contributed by atoms with E-state index >= 15 is 0 Å². The topological polar surface area (TPSA) is 75.0 Å². The van der Waals surface area contributed by atoms with Crippen LogP contribution in [0.1, 0.15) is 39.6 Å². The Labute approximate surface area is 146 Å². The number of aromatic amines is 1. The summed E-state index contributed by atoms with van der Waals surface area (Å²) in [6.45, 7) is 5.10. The third kappa shape index (κ3) is 3.15. The lowest BCUT2D eigenvalue weighted by atomic mass is 10.1. The normalized spacial score (nSPS) is 18.0. The van der Waals surface area contributed by atoms with Gasteiger partial charge in [-0.15, -0.1) is 0 Å². The summed E-state index contributed by atoms with van der Waals surface area (Å²) in [5.74, 6) is 0.879. The lowest BCUT2D eigenvalue weighted by Gasteiger charge is -2.15. The summed E-state index contributed by atoms with van der Waals surface area (Å²) in [5.41, 5.74) is 10.1. The summed E-state index contributed by atoms with van der Waals surface area (Å²) >= 11 is 0. The fraction of sp³-hybridized carbons (Fsp3) is 0.300. The van der Waals surface area contributed by atoms with Crippen molar-refractivity contribution in [3.05, 3.63) is 65.0 Å². The number of hydrogen-bond donors (Lipinski definition) is 2. The summed E-state index contributed by atoms with van der Waals surface area (Å²) in [6, 6.07) is 14.2. The fourth-order valence-corrected chi connectivity index (χ4v) is 3.59. The van der Waals surface area contributed by atoms with Gasteiger partial charge in [-0.25, -0.2) is 4.98 Å². The second-order valence-electron chi connectivity index (χ2n) is 6.89. The van der Waals surface area contributed by atoms with Crippen LogP contribution in [-0.2, 0) is 6.54 Å². The molecule has 0 unspecified atom stereocenters. The molecule has 4 rings (SSSR count). The van der Waals surface area contributed by atoms with E-state index in [2.05, 4.69) is 46.1 Å². The van der Waals surface area contributed by atoms with E-state index in [4.69, 9.17) is 5.73 Å². The Morgan fingerprint density at radius 2 is 2.08 bits per heavy atom. The van der Waals surface area contributed by atoms with Gasteiger partial charge in [-0.2, -0.15) is 0 Å². The monoisotopic (exact) mass is 334 g/mol. The largest absolute Gasteiger partial charge is 0.366 e. The van der Waals surface area contributed by atoms with Crippen molar-refractivity contribution in [2.45, 2.75) is 25.8 Å². The van der Waals surface area contributed by atoms with E-state index in [-0.39, 0.29) is 0 Å². The number of para-hydroxylation sites is 1. The van der Waals surface area contributed by atoms with Crippen LogP contribution in [0.2, 0.25) is 0 Å². The standard InChI is InChI=1S/C20H22N4O/c1-13-5-7-14(8-6-13)11-24-10-9-15(12-24)20-22-17-4-2-3-16(19(21)25)18(17)23-20/h2-8,15H,9-12H2,1H3,(H2,21,25)(H,22,23)/t15-/m0/s1. The number of nitrogens with two attached hydrogens (primary N) is 1. The van der Waals surface area contributed by atoms with E-state index in [1.807, 2.05) is 12.1 Å². The van der Waals surface area contributed by atoms with Crippen LogP contribution in [0.3, 0.4) is 0 Å². The molecule has 0 radical (unpaired) electrons. The average molecular weight is 334 g/mol. The number of hydrogen-bond acceptors (Lipinski definition) is 3. The highest BCUT2D eigenvalue weighted by atomic mass is 16.1. The van der Waals surface area contributed by atoms with Crippen LogP contribution in [-0.4, -0.2) is 33.9 Å². The third-order valence-corrected chi connectivity index (χ3v) is 4.98. The van der Waals surface area contributed by atoms with Gasteiger partial charge < -0.3 is 10.7 Å². The van der Waals surface area contributed by atoms with Crippen molar-refractivity contribution in [1.29, 1.82) is 0 Å². The van der Waals surface area contributed by atoms with Crippen molar-refractivity contribution >= 4 is 16.9 Å². The van der Waals surface area contributed by atoms with E-state index in [0.29, 0.717) is 17.0 Å². The SMILES string of the molecule is Cc1ccc(CN2CC[C@H](c3nc4c(C(N)=O)cccc4[nH]3)C2)cc1. The van der Waals surface area contributed by atoms with Gasteiger partial charge in [-0.05, 0) is 37.6 Å². The molecule has 25 heavy (non-hydrogen) atoms. The molecule has 0 bridgehead atoms. The van der Waals surface area contributed by atoms with Crippen molar-refractivity contribution < 1.29 is 4.79 Å². The number of carbonyl (C=O) groups excluding carboxylic acids is 1. The average Bonchev–Trinajstić information content (AvgIpc) is 3.22. The van der Waals surface area contributed by atoms with Crippen LogP contribution < -0.4 is 5.73 Å². The molecule has 3 aromatic rings. The predicted molar refractivity (Wildman–Crippen MR) is 98.4 cm³/mol. The molecule has 0 aliphatic carbocycles. The maximum absolute atomic E-state index is 11.6. The molecule has 1 aromatic heterocycles. The number of nitrogens with zero attached hydrogens (tertiary/aromatic N) is 2. The van der Waals surface area contributed by atoms with Gasteiger partial charge in [0.15, 0.2) is 0 Å². The number of nitrogens with one attached hydrogen (secondary N) is 1. The van der Waals surface area contributed by atoms with E-state index < -0.39 is 5.91 Å². The first kappa shape index (κ1) is 15.8. The maximum Gasteiger partial charge on any atom is 0.250 e. The number of fused-ring (bicyclic) bond motifs is 1. The molecule has 128 valence electrons. The fourth-order valence-electron chi connectivity index (χ4n) is 3.59. The molecule has 2 heterocycles. The zero-order chi connectivity index (χ0) is 17.4. The summed E-state index contributed by atoms with van der Waals surface area (Å²) in [6.07, 6.45) is 1.07. The first-order chi connectivity index (χ1) is 12.1. The minimum atomic E-state index is -0.434. The van der Waals surface area contributed by atoms with Gasteiger partial charge >= 0.3 is 0 Å². The Hall–Kier alpha value is -2.66. The van der Waals surface area contributed by atoms with E-state index in [0.717, 1.165) is 37.4 Å². The van der Waals surface area contributed by atoms with Crippen molar-refractivity contribution in [1.82, 2.24) is 14.9 Å². The molecule has 5 heteroatoms. The van der Waals surface area contributed by atoms with Gasteiger partial charge in [0.2, 0.25) is 0 Å². The molecule has 2 aromatic carbocycles.